The van der Waals surface area contributed by atoms with E-state index in [-0.39, 0.29) is 0 Å². The Morgan fingerprint density at radius 1 is 0.656 bits per heavy atom. The van der Waals surface area contributed by atoms with Crippen LogP contribution in [-0.4, -0.2) is 30.1 Å². The highest BCUT2D eigenvalue weighted by Gasteiger charge is 2.16. The van der Waals surface area contributed by atoms with Crippen LogP contribution in [0.15, 0.2) is 0 Å². The van der Waals surface area contributed by atoms with Crippen LogP contribution in [0, 0.1) is 0 Å². The van der Waals surface area contributed by atoms with Gasteiger partial charge in [0.05, 0.1) is 0 Å². The first kappa shape index (κ1) is 31.1. The summed E-state index contributed by atoms with van der Waals surface area (Å²) < 4.78 is 5.61. The Labute approximate surface area is 199 Å². The second-order valence-corrected chi connectivity index (χ2v) is 9.51. The number of aldehydes is 1. The summed E-state index contributed by atoms with van der Waals surface area (Å²) in [5.74, 6) is -0.798. The van der Waals surface area contributed by atoms with E-state index in [9.17, 15) is 14.7 Å². The number of rotatable bonds is 27. The standard InChI is InChI=1S/C28H54O4/c1-2-3-4-20-23-26-32-27(28(30)31)24-21-18-16-14-12-10-8-6-5-7-9-11-13-15-17-19-22-25-29/h25,27H,2-24,26H2,1H3,(H,30,31). The first-order valence-corrected chi connectivity index (χ1v) is 14.0. The lowest BCUT2D eigenvalue weighted by Crippen LogP contribution is -2.24. The minimum Gasteiger partial charge on any atom is -0.479 e. The Bertz CT molecular complexity index is 397. The van der Waals surface area contributed by atoms with E-state index in [0.29, 0.717) is 13.0 Å². The average molecular weight is 455 g/mol. The molecule has 0 bridgehead atoms. The second-order valence-electron chi connectivity index (χ2n) is 9.51. The normalized spacial score (nSPS) is 12.2. The number of unbranched alkanes of at least 4 members (excludes halogenated alkanes) is 20. The minimum absolute atomic E-state index is 0.586. The summed E-state index contributed by atoms with van der Waals surface area (Å²) >= 11 is 0. The predicted molar refractivity (Wildman–Crippen MR) is 135 cm³/mol. The third kappa shape index (κ3) is 23.8. The van der Waals surface area contributed by atoms with Gasteiger partial charge in [-0.3, -0.25) is 0 Å². The lowest BCUT2D eigenvalue weighted by molar-refractivity contribution is -0.151. The van der Waals surface area contributed by atoms with Gasteiger partial charge < -0.3 is 14.6 Å². The van der Waals surface area contributed by atoms with E-state index in [1.807, 2.05) is 0 Å². The lowest BCUT2D eigenvalue weighted by atomic mass is 10.0. The molecule has 0 spiro atoms. The summed E-state index contributed by atoms with van der Waals surface area (Å²) in [5.41, 5.74) is 0. The Hall–Kier alpha value is -0.900. The van der Waals surface area contributed by atoms with Crippen molar-refractivity contribution in [1.29, 1.82) is 0 Å². The summed E-state index contributed by atoms with van der Waals surface area (Å²) in [6, 6.07) is 0. The Kier molecular flexibility index (Phi) is 25.6. The molecule has 32 heavy (non-hydrogen) atoms. The molecule has 190 valence electrons. The Balaban J connectivity index is 3.32. The van der Waals surface area contributed by atoms with Crippen LogP contribution in [0.5, 0.6) is 0 Å². The molecule has 0 heterocycles. The highest BCUT2D eigenvalue weighted by molar-refractivity contribution is 5.72. The van der Waals surface area contributed by atoms with Crippen LogP contribution in [0.25, 0.3) is 0 Å². The SMILES string of the molecule is CCCCCCCOC(CCCCCCCCCCCCCCCCCCC=O)C(=O)O. The maximum Gasteiger partial charge on any atom is 0.332 e. The number of ether oxygens (including phenoxy) is 1. The Morgan fingerprint density at radius 2 is 1.06 bits per heavy atom. The van der Waals surface area contributed by atoms with E-state index >= 15 is 0 Å². The van der Waals surface area contributed by atoms with Crippen molar-refractivity contribution in [2.75, 3.05) is 6.61 Å². The molecule has 0 saturated carbocycles. The van der Waals surface area contributed by atoms with E-state index in [2.05, 4.69) is 6.92 Å². The molecule has 0 rings (SSSR count). The summed E-state index contributed by atoms with van der Waals surface area (Å²) in [6.45, 7) is 2.78. The number of carboxylic acid groups (broad SMARTS) is 1. The van der Waals surface area contributed by atoms with E-state index in [1.54, 1.807) is 0 Å². The van der Waals surface area contributed by atoms with Crippen LogP contribution in [0.2, 0.25) is 0 Å². The number of aliphatic carboxylic acids is 1. The van der Waals surface area contributed by atoms with Crippen LogP contribution in [0.4, 0.5) is 0 Å². The van der Waals surface area contributed by atoms with E-state index in [4.69, 9.17) is 4.74 Å². The number of hydrogen-bond acceptors (Lipinski definition) is 3. The number of carbonyl (C=O) groups is 2. The van der Waals surface area contributed by atoms with Gasteiger partial charge in [0.25, 0.3) is 0 Å². The number of hydrogen-bond donors (Lipinski definition) is 1. The van der Waals surface area contributed by atoms with Gasteiger partial charge in [0.15, 0.2) is 6.10 Å². The van der Waals surface area contributed by atoms with E-state index < -0.39 is 12.1 Å². The van der Waals surface area contributed by atoms with Crippen LogP contribution < -0.4 is 0 Å². The van der Waals surface area contributed by atoms with Crippen LogP contribution in [0.3, 0.4) is 0 Å². The molecule has 0 aliphatic rings. The quantitative estimate of drug-likeness (QED) is 0.0996. The first-order chi connectivity index (χ1) is 15.7. The maximum atomic E-state index is 11.3. The summed E-state index contributed by atoms with van der Waals surface area (Å²) in [5, 5.41) is 9.32. The highest BCUT2D eigenvalue weighted by atomic mass is 16.5. The van der Waals surface area contributed by atoms with Gasteiger partial charge in [0.1, 0.15) is 6.29 Å². The summed E-state index contributed by atoms with van der Waals surface area (Å²) in [6.07, 6.45) is 28.0. The molecule has 1 atom stereocenters. The average Bonchev–Trinajstić information content (AvgIpc) is 2.78. The molecule has 4 heteroatoms. The van der Waals surface area contributed by atoms with Crippen molar-refractivity contribution >= 4 is 12.3 Å². The van der Waals surface area contributed by atoms with E-state index in [1.165, 1.54) is 103 Å². The molecule has 0 amide bonds. The third-order valence-corrected chi connectivity index (χ3v) is 6.38. The van der Waals surface area contributed by atoms with Gasteiger partial charge in [-0.15, -0.1) is 0 Å². The van der Waals surface area contributed by atoms with Gasteiger partial charge >= 0.3 is 5.97 Å². The molecular formula is C28H54O4. The molecule has 0 aromatic carbocycles. The molecular weight excluding hydrogens is 400 g/mol. The third-order valence-electron chi connectivity index (χ3n) is 6.38. The molecule has 0 aromatic heterocycles. The van der Waals surface area contributed by atoms with Crippen molar-refractivity contribution in [3.63, 3.8) is 0 Å². The van der Waals surface area contributed by atoms with Crippen molar-refractivity contribution in [3.8, 4) is 0 Å². The molecule has 0 radical (unpaired) electrons. The van der Waals surface area contributed by atoms with Crippen molar-refractivity contribution in [2.24, 2.45) is 0 Å². The summed E-state index contributed by atoms with van der Waals surface area (Å²) in [7, 11) is 0. The number of carbonyl (C=O) groups excluding carboxylic acids is 1. The monoisotopic (exact) mass is 454 g/mol. The fourth-order valence-corrected chi connectivity index (χ4v) is 4.24. The molecule has 0 saturated heterocycles. The fraction of sp³-hybridized carbons (Fsp3) is 0.929. The second kappa shape index (κ2) is 26.4. The van der Waals surface area contributed by atoms with Gasteiger partial charge in [0.2, 0.25) is 0 Å². The zero-order chi connectivity index (χ0) is 23.5. The molecule has 1 N–H and O–H groups in total. The maximum absolute atomic E-state index is 11.3. The van der Waals surface area contributed by atoms with Gasteiger partial charge in [-0.05, 0) is 19.3 Å². The van der Waals surface area contributed by atoms with Gasteiger partial charge in [-0.2, -0.15) is 0 Å². The zero-order valence-corrected chi connectivity index (χ0v) is 21.3. The van der Waals surface area contributed by atoms with Gasteiger partial charge in [0, 0.05) is 13.0 Å². The smallest absolute Gasteiger partial charge is 0.332 e. The molecule has 1 unspecified atom stereocenters. The molecule has 0 fully saturated rings. The van der Waals surface area contributed by atoms with Crippen molar-refractivity contribution in [1.82, 2.24) is 0 Å². The topological polar surface area (TPSA) is 63.6 Å². The van der Waals surface area contributed by atoms with Crippen LogP contribution >= 0.6 is 0 Å². The van der Waals surface area contributed by atoms with Gasteiger partial charge in [-0.25, -0.2) is 4.79 Å². The fourth-order valence-electron chi connectivity index (χ4n) is 4.24. The van der Waals surface area contributed by atoms with Crippen LogP contribution in [0.1, 0.15) is 155 Å². The largest absolute Gasteiger partial charge is 0.479 e. The highest BCUT2D eigenvalue weighted by Crippen LogP contribution is 2.15. The van der Waals surface area contributed by atoms with E-state index in [0.717, 1.165) is 44.8 Å². The van der Waals surface area contributed by atoms with Crippen LogP contribution in [-0.2, 0) is 14.3 Å². The summed E-state index contributed by atoms with van der Waals surface area (Å²) in [4.78, 5) is 21.6. The zero-order valence-electron chi connectivity index (χ0n) is 21.3. The molecule has 4 nitrogen and oxygen atoms in total. The first-order valence-electron chi connectivity index (χ1n) is 14.0. The Morgan fingerprint density at radius 3 is 1.50 bits per heavy atom. The predicted octanol–water partition coefficient (Wildman–Crippen LogP) is 8.65. The molecule has 0 aliphatic heterocycles. The molecule has 0 aromatic rings. The van der Waals surface area contributed by atoms with Crippen molar-refractivity contribution in [2.45, 2.75) is 161 Å². The van der Waals surface area contributed by atoms with Crippen molar-refractivity contribution < 1.29 is 19.4 Å². The lowest BCUT2D eigenvalue weighted by Gasteiger charge is -2.13. The number of carboxylic acids is 1. The minimum atomic E-state index is -0.798. The van der Waals surface area contributed by atoms with Gasteiger partial charge in [-0.1, -0.05) is 129 Å². The molecule has 0 aliphatic carbocycles. The van der Waals surface area contributed by atoms with Crippen molar-refractivity contribution in [3.05, 3.63) is 0 Å².